The van der Waals surface area contributed by atoms with E-state index in [1.165, 1.54) is 30.9 Å². The van der Waals surface area contributed by atoms with E-state index in [-0.39, 0.29) is 47.8 Å². The van der Waals surface area contributed by atoms with Crippen molar-refractivity contribution in [3.8, 4) is 0 Å². The van der Waals surface area contributed by atoms with E-state index in [4.69, 9.17) is 5.73 Å². The summed E-state index contributed by atoms with van der Waals surface area (Å²) in [5.74, 6) is -0.194. The molecule has 1 amide bonds. The molecule has 0 aliphatic rings. The third kappa shape index (κ3) is 4.56. The van der Waals surface area contributed by atoms with Gasteiger partial charge in [0.25, 0.3) is 5.56 Å². The summed E-state index contributed by atoms with van der Waals surface area (Å²) in [5, 5.41) is 2.95. The largest absolute Gasteiger partial charge is 0.332 e. The number of halogens is 2. The number of aryl methyl sites for hydroxylation is 1. The molecule has 2 heterocycles. The Kier molecular flexibility index (Phi) is 8.12. The van der Waals surface area contributed by atoms with Crippen molar-refractivity contribution in [3.05, 3.63) is 33.1 Å². The van der Waals surface area contributed by atoms with Crippen molar-refractivity contribution in [1.82, 2.24) is 14.1 Å². The summed E-state index contributed by atoms with van der Waals surface area (Å²) in [6.07, 6.45) is 2.29. The molecular weight excluding hydrogens is 357 g/mol. The summed E-state index contributed by atoms with van der Waals surface area (Å²) in [6.45, 7) is 1.83. The van der Waals surface area contributed by atoms with Crippen LogP contribution in [0, 0.1) is 0 Å². The number of aromatic nitrogens is 3. The highest BCUT2D eigenvalue weighted by Crippen LogP contribution is 2.12. The molecule has 10 heteroatoms. The van der Waals surface area contributed by atoms with Crippen LogP contribution in [0.5, 0.6) is 0 Å². The zero-order chi connectivity index (χ0) is 16.4. The maximum absolute atomic E-state index is 12.1. The van der Waals surface area contributed by atoms with Gasteiger partial charge in [0, 0.05) is 26.6 Å². The first-order chi connectivity index (χ1) is 10.3. The van der Waals surface area contributed by atoms with Crippen LogP contribution in [-0.4, -0.2) is 26.1 Å². The molecule has 134 valence electrons. The highest BCUT2D eigenvalue weighted by molar-refractivity contribution is 5.92. The SMILES string of the molecule is CC(N)CCC(=O)Nc1cnc2c(c1)c(=O)n(C)c(=O)n2C.Cl.Cl. The third-order valence-electron chi connectivity index (χ3n) is 3.40. The molecule has 0 fully saturated rings. The Balaban J connectivity index is 0.00000264. The number of fused-ring (bicyclic) bond motifs is 1. The van der Waals surface area contributed by atoms with Crippen LogP contribution in [0.2, 0.25) is 0 Å². The molecule has 1 unspecified atom stereocenters. The topological polar surface area (TPSA) is 112 Å². The van der Waals surface area contributed by atoms with Crippen LogP contribution in [0.15, 0.2) is 21.9 Å². The van der Waals surface area contributed by atoms with Crippen LogP contribution in [0.3, 0.4) is 0 Å². The van der Waals surface area contributed by atoms with Crippen molar-refractivity contribution >= 4 is 47.4 Å². The lowest BCUT2D eigenvalue weighted by Crippen LogP contribution is -2.37. The average Bonchev–Trinajstić information content (AvgIpc) is 2.48. The standard InChI is InChI=1S/C14H19N5O3.2ClH/c1-8(15)4-5-11(20)17-9-6-10-12(16-7-9)18(2)14(22)19(3)13(10)21;;/h6-8H,4-5,15H2,1-3H3,(H,17,20);2*1H. The molecule has 0 saturated carbocycles. The summed E-state index contributed by atoms with van der Waals surface area (Å²) >= 11 is 0. The molecule has 0 radical (unpaired) electrons. The van der Waals surface area contributed by atoms with Crippen LogP contribution in [0.4, 0.5) is 5.69 Å². The Morgan fingerprint density at radius 2 is 1.92 bits per heavy atom. The van der Waals surface area contributed by atoms with E-state index in [1.54, 1.807) is 0 Å². The lowest BCUT2D eigenvalue weighted by molar-refractivity contribution is -0.116. The molecule has 8 nitrogen and oxygen atoms in total. The average molecular weight is 378 g/mol. The smallest absolute Gasteiger partial charge is 0.328 e. The van der Waals surface area contributed by atoms with Crippen molar-refractivity contribution in [3.63, 3.8) is 0 Å². The predicted octanol–water partition coefficient (Wildman–Crippen LogP) is 0.542. The molecule has 0 bridgehead atoms. The van der Waals surface area contributed by atoms with E-state index >= 15 is 0 Å². The van der Waals surface area contributed by atoms with Crippen molar-refractivity contribution in [2.75, 3.05) is 5.32 Å². The molecule has 2 rings (SSSR count). The zero-order valence-electron chi connectivity index (χ0n) is 13.6. The van der Waals surface area contributed by atoms with Crippen LogP contribution in [-0.2, 0) is 18.9 Å². The minimum Gasteiger partial charge on any atom is -0.328 e. The maximum atomic E-state index is 12.1. The van der Waals surface area contributed by atoms with Gasteiger partial charge in [-0.2, -0.15) is 0 Å². The van der Waals surface area contributed by atoms with Gasteiger partial charge in [0.2, 0.25) is 5.91 Å². The number of carbonyl (C=O) groups excluding carboxylic acids is 1. The Morgan fingerprint density at radius 1 is 1.29 bits per heavy atom. The van der Waals surface area contributed by atoms with E-state index < -0.39 is 11.2 Å². The quantitative estimate of drug-likeness (QED) is 0.807. The number of nitrogens with one attached hydrogen (secondary N) is 1. The fourth-order valence-electron chi connectivity index (χ4n) is 2.12. The van der Waals surface area contributed by atoms with E-state index in [9.17, 15) is 14.4 Å². The Morgan fingerprint density at radius 3 is 2.50 bits per heavy atom. The lowest BCUT2D eigenvalue weighted by Gasteiger charge is -2.09. The zero-order valence-corrected chi connectivity index (χ0v) is 15.2. The Bertz CT molecular complexity index is 845. The molecular formula is C14H21Cl2N5O3. The van der Waals surface area contributed by atoms with E-state index in [0.717, 1.165) is 4.57 Å². The Labute approximate surface area is 150 Å². The number of hydrogen-bond acceptors (Lipinski definition) is 5. The molecule has 1 atom stereocenters. The third-order valence-corrected chi connectivity index (χ3v) is 3.40. The first-order valence-electron chi connectivity index (χ1n) is 6.92. The van der Waals surface area contributed by atoms with Gasteiger partial charge >= 0.3 is 5.69 Å². The molecule has 3 N–H and O–H groups in total. The molecule has 0 aromatic carbocycles. The number of nitrogens with zero attached hydrogens (tertiary/aromatic N) is 3. The second-order valence-electron chi connectivity index (χ2n) is 5.37. The van der Waals surface area contributed by atoms with Crippen LogP contribution >= 0.6 is 24.8 Å². The van der Waals surface area contributed by atoms with E-state index in [1.807, 2.05) is 6.92 Å². The first kappa shape index (κ1) is 22.1. The summed E-state index contributed by atoms with van der Waals surface area (Å²) in [7, 11) is 2.94. The van der Waals surface area contributed by atoms with Crippen molar-refractivity contribution in [2.24, 2.45) is 19.8 Å². The van der Waals surface area contributed by atoms with E-state index in [2.05, 4.69) is 10.3 Å². The van der Waals surface area contributed by atoms with Crippen LogP contribution < -0.4 is 22.3 Å². The summed E-state index contributed by atoms with van der Waals surface area (Å²) in [6, 6.07) is 1.47. The van der Waals surface area contributed by atoms with Gasteiger partial charge in [-0.25, -0.2) is 9.78 Å². The van der Waals surface area contributed by atoms with Gasteiger partial charge in [0.1, 0.15) is 5.65 Å². The molecule has 0 aliphatic heterocycles. The number of rotatable bonds is 4. The van der Waals surface area contributed by atoms with Gasteiger partial charge < -0.3 is 11.1 Å². The number of pyridine rings is 1. The minimum atomic E-state index is -0.447. The minimum absolute atomic E-state index is 0. The van der Waals surface area contributed by atoms with Gasteiger partial charge in [-0.05, 0) is 19.4 Å². The summed E-state index contributed by atoms with van der Waals surface area (Å²) in [4.78, 5) is 39.8. The van der Waals surface area contributed by atoms with Gasteiger partial charge in [0.15, 0.2) is 0 Å². The number of carbonyl (C=O) groups is 1. The Hall–Kier alpha value is -1.90. The van der Waals surface area contributed by atoms with Gasteiger partial charge in [-0.3, -0.25) is 18.7 Å². The molecule has 0 saturated heterocycles. The normalized spacial score (nSPS) is 11.3. The number of nitrogens with two attached hydrogens (primary N) is 1. The number of hydrogen-bond donors (Lipinski definition) is 2. The van der Waals surface area contributed by atoms with E-state index in [0.29, 0.717) is 18.5 Å². The fraction of sp³-hybridized carbons (Fsp3) is 0.429. The maximum Gasteiger partial charge on any atom is 0.332 e. The van der Waals surface area contributed by atoms with Gasteiger partial charge in [0.05, 0.1) is 17.3 Å². The molecule has 0 aliphatic carbocycles. The van der Waals surface area contributed by atoms with Crippen molar-refractivity contribution < 1.29 is 4.79 Å². The van der Waals surface area contributed by atoms with Gasteiger partial charge in [-0.15, -0.1) is 24.8 Å². The van der Waals surface area contributed by atoms with Crippen molar-refractivity contribution in [2.45, 2.75) is 25.8 Å². The van der Waals surface area contributed by atoms with Gasteiger partial charge in [-0.1, -0.05) is 0 Å². The first-order valence-corrected chi connectivity index (χ1v) is 6.92. The van der Waals surface area contributed by atoms with Crippen LogP contribution in [0.25, 0.3) is 11.0 Å². The monoisotopic (exact) mass is 377 g/mol. The van der Waals surface area contributed by atoms with Crippen molar-refractivity contribution in [1.29, 1.82) is 0 Å². The summed E-state index contributed by atoms with van der Waals surface area (Å²) < 4.78 is 2.30. The molecule has 0 spiro atoms. The second kappa shape index (κ2) is 8.81. The molecule has 24 heavy (non-hydrogen) atoms. The second-order valence-corrected chi connectivity index (χ2v) is 5.37. The fourth-order valence-corrected chi connectivity index (χ4v) is 2.12. The lowest BCUT2D eigenvalue weighted by atomic mass is 10.2. The molecule has 2 aromatic heterocycles. The summed E-state index contributed by atoms with van der Waals surface area (Å²) in [5.41, 5.74) is 5.41. The highest BCUT2D eigenvalue weighted by Gasteiger charge is 2.11. The van der Waals surface area contributed by atoms with Crippen LogP contribution in [0.1, 0.15) is 19.8 Å². The molecule has 2 aromatic rings. The predicted molar refractivity (Wildman–Crippen MR) is 98.2 cm³/mol. The highest BCUT2D eigenvalue weighted by atomic mass is 35.5. The number of anilines is 1. The number of amides is 1.